The third-order valence-corrected chi connectivity index (χ3v) is 6.16. The average Bonchev–Trinajstić information content (AvgIpc) is 3.18. The summed E-state index contributed by atoms with van der Waals surface area (Å²) in [6, 6.07) is 11.4. The Morgan fingerprint density at radius 3 is 2.69 bits per heavy atom. The molecule has 0 spiro atoms. The van der Waals surface area contributed by atoms with Gasteiger partial charge in [0.1, 0.15) is 5.65 Å². The summed E-state index contributed by atoms with van der Waals surface area (Å²) in [5.74, 6) is 0.679. The number of H-pyrrole nitrogens is 1. The molecular weight excluding hydrogens is 316 g/mol. The second-order valence-electron chi connectivity index (χ2n) is 9.65. The molecule has 0 radical (unpaired) electrons. The molecule has 2 aromatic heterocycles. The lowest BCUT2D eigenvalue weighted by atomic mass is 9.75. The number of nitrogens with one attached hydrogen (secondary N) is 1. The number of benzene rings is 1. The number of hydrogen-bond donors (Lipinski definition) is 1. The third kappa shape index (κ3) is 2.96. The molecule has 1 atom stereocenters. The van der Waals surface area contributed by atoms with E-state index in [2.05, 4.69) is 75.0 Å². The Morgan fingerprint density at radius 2 is 1.92 bits per heavy atom. The Balaban J connectivity index is 1.67. The monoisotopic (exact) mass is 346 g/mol. The molecule has 1 aliphatic rings. The van der Waals surface area contributed by atoms with Gasteiger partial charge in [-0.3, -0.25) is 0 Å². The second kappa shape index (κ2) is 5.97. The standard InChI is InChI=1S/C24H30N2/c1-23(2,3)20-11-10-17-9-8-16(13-19(17)20)14-24(4,5)21-15-26-22-18(21)7-6-12-25-22/h6-9,12-13,15,20H,10-11,14H2,1-5H3,(H,25,26). The van der Waals surface area contributed by atoms with Crippen LogP contribution in [0, 0.1) is 5.41 Å². The molecule has 0 bridgehead atoms. The van der Waals surface area contributed by atoms with Crippen molar-refractivity contribution in [3.05, 3.63) is 65.0 Å². The number of aryl methyl sites for hydroxylation is 1. The predicted octanol–water partition coefficient (Wildman–Crippen LogP) is 6.16. The van der Waals surface area contributed by atoms with E-state index in [0.29, 0.717) is 11.3 Å². The second-order valence-corrected chi connectivity index (χ2v) is 9.65. The number of hydrogen-bond acceptors (Lipinski definition) is 1. The van der Waals surface area contributed by atoms with Crippen LogP contribution in [0.15, 0.2) is 42.7 Å². The van der Waals surface area contributed by atoms with Crippen LogP contribution in [0.1, 0.15) is 69.2 Å². The summed E-state index contributed by atoms with van der Waals surface area (Å²) >= 11 is 0. The molecule has 1 aromatic carbocycles. The fourth-order valence-corrected chi connectivity index (χ4v) is 4.78. The topological polar surface area (TPSA) is 28.7 Å². The lowest BCUT2D eigenvalue weighted by molar-refractivity contribution is 0.319. The normalized spacial score (nSPS) is 17.7. The molecule has 1 aliphatic carbocycles. The minimum atomic E-state index is 0.0609. The number of aromatic nitrogens is 2. The molecule has 3 aromatic rings. The van der Waals surface area contributed by atoms with Crippen LogP contribution in [-0.2, 0) is 18.3 Å². The quantitative estimate of drug-likeness (QED) is 0.604. The number of aromatic amines is 1. The first-order valence-electron chi connectivity index (χ1n) is 9.80. The van der Waals surface area contributed by atoms with E-state index in [0.717, 1.165) is 12.1 Å². The van der Waals surface area contributed by atoms with E-state index in [9.17, 15) is 0 Å². The van der Waals surface area contributed by atoms with Crippen LogP contribution in [0.4, 0.5) is 0 Å². The summed E-state index contributed by atoms with van der Waals surface area (Å²) in [7, 11) is 0. The number of rotatable bonds is 3. The zero-order chi connectivity index (χ0) is 18.5. The maximum atomic E-state index is 4.45. The lowest BCUT2D eigenvalue weighted by Gasteiger charge is -2.29. The SMILES string of the molecule is CC(C)(Cc1ccc2c(c1)C(C(C)(C)C)CC2)c1c[nH]c2ncccc12. The van der Waals surface area contributed by atoms with E-state index in [1.54, 1.807) is 11.1 Å². The van der Waals surface area contributed by atoms with Crippen LogP contribution < -0.4 is 0 Å². The fraction of sp³-hybridized carbons (Fsp3) is 0.458. The minimum Gasteiger partial charge on any atom is -0.346 e. The van der Waals surface area contributed by atoms with E-state index in [1.807, 2.05) is 12.3 Å². The van der Waals surface area contributed by atoms with Gasteiger partial charge in [-0.2, -0.15) is 0 Å². The van der Waals surface area contributed by atoms with Gasteiger partial charge in [-0.25, -0.2) is 4.98 Å². The summed E-state index contributed by atoms with van der Waals surface area (Å²) in [6.45, 7) is 11.8. The molecule has 0 saturated carbocycles. The van der Waals surface area contributed by atoms with E-state index < -0.39 is 0 Å². The molecule has 0 saturated heterocycles. The van der Waals surface area contributed by atoms with Gasteiger partial charge in [-0.1, -0.05) is 52.8 Å². The molecule has 2 heterocycles. The summed E-state index contributed by atoms with van der Waals surface area (Å²) in [5, 5.41) is 1.24. The smallest absolute Gasteiger partial charge is 0.137 e. The Labute approximate surface area is 157 Å². The van der Waals surface area contributed by atoms with Crippen LogP contribution in [-0.4, -0.2) is 9.97 Å². The molecule has 2 nitrogen and oxygen atoms in total. The molecule has 1 unspecified atom stereocenters. The highest BCUT2D eigenvalue weighted by molar-refractivity contribution is 5.80. The van der Waals surface area contributed by atoms with Gasteiger partial charge in [0.15, 0.2) is 0 Å². The average molecular weight is 347 g/mol. The molecule has 0 fully saturated rings. The van der Waals surface area contributed by atoms with E-state index in [-0.39, 0.29) is 5.41 Å². The predicted molar refractivity (Wildman–Crippen MR) is 110 cm³/mol. The van der Waals surface area contributed by atoms with E-state index in [1.165, 1.54) is 29.4 Å². The van der Waals surface area contributed by atoms with E-state index >= 15 is 0 Å². The first-order chi connectivity index (χ1) is 12.3. The van der Waals surface area contributed by atoms with Crippen molar-refractivity contribution >= 4 is 11.0 Å². The molecule has 26 heavy (non-hydrogen) atoms. The lowest BCUT2D eigenvalue weighted by Crippen LogP contribution is -2.21. The van der Waals surface area contributed by atoms with Gasteiger partial charge in [0.25, 0.3) is 0 Å². The van der Waals surface area contributed by atoms with Gasteiger partial charge in [0.2, 0.25) is 0 Å². The highest BCUT2D eigenvalue weighted by atomic mass is 14.8. The Morgan fingerprint density at radius 1 is 1.12 bits per heavy atom. The van der Waals surface area contributed by atoms with Crippen LogP contribution >= 0.6 is 0 Å². The van der Waals surface area contributed by atoms with Crippen molar-refractivity contribution in [1.82, 2.24) is 9.97 Å². The van der Waals surface area contributed by atoms with Crippen molar-refractivity contribution in [3.8, 4) is 0 Å². The summed E-state index contributed by atoms with van der Waals surface area (Å²) < 4.78 is 0. The molecular formula is C24H30N2. The van der Waals surface area contributed by atoms with Crippen molar-refractivity contribution in [3.63, 3.8) is 0 Å². The first-order valence-corrected chi connectivity index (χ1v) is 9.80. The molecule has 2 heteroatoms. The van der Waals surface area contributed by atoms with Crippen molar-refractivity contribution in [1.29, 1.82) is 0 Å². The zero-order valence-electron chi connectivity index (χ0n) is 16.7. The van der Waals surface area contributed by atoms with Gasteiger partial charge in [0, 0.05) is 17.8 Å². The van der Waals surface area contributed by atoms with Crippen molar-refractivity contribution < 1.29 is 0 Å². The van der Waals surface area contributed by atoms with E-state index in [4.69, 9.17) is 0 Å². The summed E-state index contributed by atoms with van der Waals surface area (Å²) in [4.78, 5) is 7.79. The van der Waals surface area contributed by atoms with Gasteiger partial charge >= 0.3 is 0 Å². The van der Waals surface area contributed by atoms with Crippen LogP contribution in [0.25, 0.3) is 11.0 Å². The maximum absolute atomic E-state index is 4.45. The van der Waals surface area contributed by atoms with Crippen LogP contribution in [0.2, 0.25) is 0 Å². The Kier molecular flexibility index (Phi) is 3.98. The Bertz CT molecular complexity index is 940. The minimum absolute atomic E-state index is 0.0609. The zero-order valence-corrected chi connectivity index (χ0v) is 16.7. The number of fused-ring (bicyclic) bond motifs is 2. The third-order valence-electron chi connectivity index (χ3n) is 6.16. The van der Waals surface area contributed by atoms with Crippen molar-refractivity contribution in [2.75, 3.05) is 0 Å². The molecule has 136 valence electrons. The van der Waals surface area contributed by atoms with Crippen LogP contribution in [0.3, 0.4) is 0 Å². The van der Waals surface area contributed by atoms with Gasteiger partial charge < -0.3 is 4.98 Å². The van der Waals surface area contributed by atoms with Crippen molar-refractivity contribution in [2.45, 2.75) is 65.2 Å². The summed E-state index contributed by atoms with van der Waals surface area (Å²) in [6.07, 6.45) is 7.56. The molecule has 1 N–H and O–H groups in total. The van der Waals surface area contributed by atoms with Gasteiger partial charge in [0.05, 0.1) is 0 Å². The molecule has 4 rings (SSSR count). The maximum Gasteiger partial charge on any atom is 0.137 e. The fourth-order valence-electron chi connectivity index (χ4n) is 4.78. The van der Waals surface area contributed by atoms with Gasteiger partial charge in [-0.15, -0.1) is 0 Å². The first kappa shape index (κ1) is 17.3. The number of nitrogens with zero attached hydrogens (tertiary/aromatic N) is 1. The van der Waals surface area contributed by atoms with Crippen molar-refractivity contribution in [2.24, 2.45) is 5.41 Å². The molecule has 0 aliphatic heterocycles. The Hall–Kier alpha value is -2.09. The molecule has 0 amide bonds. The summed E-state index contributed by atoms with van der Waals surface area (Å²) in [5.41, 5.74) is 7.33. The largest absolute Gasteiger partial charge is 0.346 e. The number of pyridine rings is 1. The van der Waals surface area contributed by atoms with Gasteiger partial charge in [-0.05, 0) is 70.4 Å². The van der Waals surface area contributed by atoms with Crippen LogP contribution in [0.5, 0.6) is 0 Å². The highest BCUT2D eigenvalue weighted by Gasteiger charge is 2.33. The highest BCUT2D eigenvalue weighted by Crippen LogP contribution is 2.45.